The molecule has 0 atom stereocenters. The normalized spacial score (nSPS) is 12.4. The van der Waals surface area contributed by atoms with Gasteiger partial charge in [-0.2, -0.15) is 0 Å². The second-order valence-corrected chi connectivity index (χ2v) is 4.92. The fourth-order valence-corrected chi connectivity index (χ4v) is 1.71. The number of aliphatic carboxylic acids is 1. The minimum absolute atomic E-state index is 0.0549. The molecule has 0 bridgehead atoms. The zero-order chi connectivity index (χ0) is 14.6. The molecule has 0 amide bonds. The average molecular weight is 333 g/mol. The zero-order valence-corrected chi connectivity index (χ0v) is 12.1. The molecule has 19 heavy (non-hydrogen) atoms. The molecule has 0 aromatic heterocycles. The van der Waals surface area contributed by atoms with Crippen LogP contribution in [0.2, 0.25) is 0 Å². The molecule has 0 spiro atoms. The quantitative estimate of drug-likeness (QED) is 0.494. The molecule has 1 rings (SSSR count). The first-order valence-corrected chi connectivity index (χ1v) is 6.56. The number of hydrogen-bond acceptors (Lipinski definition) is 3. The van der Waals surface area contributed by atoms with Gasteiger partial charge in [0.1, 0.15) is 5.76 Å². The monoisotopic (exact) mass is 332 g/mol. The molecule has 0 aliphatic carbocycles. The van der Waals surface area contributed by atoms with Gasteiger partial charge in [-0.15, -0.1) is 0 Å². The van der Waals surface area contributed by atoms with Crippen molar-refractivity contribution in [3.63, 3.8) is 0 Å². The summed E-state index contributed by atoms with van der Waals surface area (Å²) >= 11 is 3.06. The largest absolute Gasteiger partial charge is 0.478 e. The van der Waals surface area contributed by atoms with Crippen LogP contribution >= 0.6 is 15.9 Å². The van der Waals surface area contributed by atoms with Crippen LogP contribution in [0.5, 0.6) is 5.75 Å². The molecule has 0 aliphatic heterocycles. The van der Waals surface area contributed by atoms with E-state index in [4.69, 9.17) is 9.84 Å². The van der Waals surface area contributed by atoms with E-state index in [0.29, 0.717) is 0 Å². The summed E-state index contributed by atoms with van der Waals surface area (Å²) in [6.45, 7) is 2.90. The van der Waals surface area contributed by atoms with Gasteiger partial charge in [-0.25, -0.2) is 9.18 Å². The number of halogens is 2. The number of ether oxygens (including phenoxy) is 1. The molecular weight excluding hydrogens is 319 g/mol. The van der Waals surface area contributed by atoms with Gasteiger partial charge in [0.05, 0.1) is 17.0 Å². The molecule has 1 aromatic rings. The highest BCUT2D eigenvalue weighted by molar-refractivity contribution is 9.09. The molecular formula is C13H14BrFO4. The molecule has 6 heteroatoms. The predicted molar refractivity (Wildman–Crippen MR) is 71.8 cm³/mol. The molecule has 2 N–H and O–H groups in total. The van der Waals surface area contributed by atoms with Gasteiger partial charge in [0.15, 0.2) is 11.6 Å². The Morgan fingerprint density at radius 3 is 2.63 bits per heavy atom. The van der Waals surface area contributed by atoms with Gasteiger partial charge >= 0.3 is 5.97 Å². The van der Waals surface area contributed by atoms with E-state index in [1.54, 1.807) is 0 Å². The third-order valence-electron chi connectivity index (χ3n) is 2.28. The first-order valence-electron chi connectivity index (χ1n) is 5.44. The van der Waals surface area contributed by atoms with Gasteiger partial charge in [0.2, 0.25) is 0 Å². The van der Waals surface area contributed by atoms with Crippen LogP contribution in [-0.2, 0) is 10.4 Å². The number of carbonyl (C=O) groups is 1. The van der Waals surface area contributed by atoms with E-state index in [9.17, 15) is 14.3 Å². The number of benzene rings is 1. The van der Waals surface area contributed by atoms with Crippen LogP contribution in [0.1, 0.15) is 19.4 Å². The lowest BCUT2D eigenvalue weighted by atomic mass is 9.97. The molecule has 1 aromatic carbocycles. The zero-order valence-electron chi connectivity index (χ0n) is 10.5. The summed E-state index contributed by atoms with van der Waals surface area (Å²) in [5.41, 5.74) is -1.27. The predicted octanol–water partition coefficient (Wildman–Crippen LogP) is 2.80. The van der Waals surface area contributed by atoms with Crippen molar-refractivity contribution in [1.82, 2.24) is 0 Å². The third kappa shape index (κ3) is 4.33. The standard InChI is InChI=1S/C13H14BrFO4/c1-13(2,18)9-4-3-5-10(12(9)15)19-8(7-14)6-11(16)17/h3-6,18H,7H2,1-2H3,(H,16,17)/b8-6+. The second-order valence-electron chi connectivity index (χ2n) is 4.36. The maximum Gasteiger partial charge on any atom is 0.331 e. The Balaban J connectivity index is 3.13. The maximum atomic E-state index is 14.1. The lowest BCUT2D eigenvalue weighted by Crippen LogP contribution is -2.18. The summed E-state index contributed by atoms with van der Waals surface area (Å²) in [5, 5.41) is 18.6. The van der Waals surface area contributed by atoms with Crippen molar-refractivity contribution in [2.24, 2.45) is 0 Å². The van der Waals surface area contributed by atoms with Crippen LogP contribution in [0.25, 0.3) is 0 Å². The lowest BCUT2D eigenvalue weighted by Gasteiger charge is -2.20. The van der Waals surface area contributed by atoms with Crippen molar-refractivity contribution in [1.29, 1.82) is 0 Å². The van der Waals surface area contributed by atoms with Crippen LogP contribution in [0, 0.1) is 5.82 Å². The smallest absolute Gasteiger partial charge is 0.331 e. The highest BCUT2D eigenvalue weighted by atomic mass is 79.9. The molecule has 0 unspecified atom stereocenters. The average Bonchev–Trinajstić information content (AvgIpc) is 2.28. The van der Waals surface area contributed by atoms with E-state index in [1.807, 2.05) is 0 Å². The number of carboxylic acid groups (broad SMARTS) is 1. The first kappa shape index (κ1) is 15.7. The van der Waals surface area contributed by atoms with Gasteiger partial charge < -0.3 is 14.9 Å². The summed E-state index contributed by atoms with van der Waals surface area (Å²) in [5.74, 6) is -1.98. The van der Waals surface area contributed by atoms with Crippen LogP contribution < -0.4 is 4.74 Å². The van der Waals surface area contributed by atoms with E-state index in [1.165, 1.54) is 32.0 Å². The molecule has 0 aliphatic rings. The molecule has 0 fully saturated rings. The van der Waals surface area contributed by atoms with E-state index < -0.39 is 17.4 Å². The number of aliphatic hydroxyl groups is 1. The molecule has 0 saturated carbocycles. The van der Waals surface area contributed by atoms with Gasteiger partial charge in [0.25, 0.3) is 0 Å². The number of rotatable bonds is 5. The van der Waals surface area contributed by atoms with Gasteiger partial charge in [-0.3, -0.25) is 0 Å². The van der Waals surface area contributed by atoms with Crippen LogP contribution in [0.3, 0.4) is 0 Å². The lowest BCUT2D eigenvalue weighted by molar-refractivity contribution is -0.131. The SMILES string of the molecule is CC(C)(O)c1cccc(O/C(=C/C(=O)O)CBr)c1F. The highest BCUT2D eigenvalue weighted by Gasteiger charge is 2.23. The third-order valence-corrected chi connectivity index (χ3v) is 2.83. The van der Waals surface area contributed by atoms with Gasteiger partial charge in [-0.1, -0.05) is 28.1 Å². The van der Waals surface area contributed by atoms with Crippen molar-refractivity contribution in [2.75, 3.05) is 5.33 Å². The Morgan fingerprint density at radius 1 is 1.53 bits per heavy atom. The van der Waals surface area contributed by atoms with E-state index in [2.05, 4.69) is 15.9 Å². The number of alkyl halides is 1. The Labute approximate surface area is 118 Å². The van der Waals surface area contributed by atoms with Gasteiger partial charge in [-0.05, 0) is 19.9 Å². The Hall–Kier alpha value is -1.40. The van der Waals surface area contributed by atoms with E-state index in [0.717, 1.165) is 6.08 Å². The number of carboxylic acids is 1. The summed E-state index contributed by atoms with van der Waals surface area (Å²) in [6, 6.07) is 4.33. The van der Waals surface area contributed by atoms with Crippen molar-refractivity contribution < 1.29 is 24.1 Å². The van der Waals surface area contributed by atoms with Crippen LogP contribution in [-0.4, -0.2) is 21.5 Å². The van der Waals surface area contributed by atoms with Gasteiger partial charge in [0, 0.05) is 5.56 Å². The van der Waals surface area contributed by atoms with Crippen molar-refractivity contribution in [3.8, 4) is 5.75 Å². The summed E-state index contributed by atoms with van der Waals surface area (Å²) in [6.07, 6.45) is 0.838. The Kier molecular flexibility index (Phi) is 5.08. The molecule has 0 radical (unpaired) electrons. The Bertz CT molecular complexity index is 506. The molecule has 0 saturated heterocycles. The minimum Gasteiger partial charge on any atom is -0.478 e. The maximum absolute atomic E-state index is 14.1. The summed E-state index contributed by atoms with van der Waals surface area (Å²) in [7, 11) is 0. The summed E-state index contributed by atoms with van der Waals surface area (Å²) < 4.78 is 19.3. The molecule has 0 heterocycles. The summed E-state index contributed by atoms with van der Waals surface area (Å²) in [4.78, 5) is 10.6. The Morgan fingerprint density at radius 2 is 2.16 bits per heavy atom. The number of allylic oxidation sites excluding steroid dienone is 1. The highest BCUT2D eigenvalue weighted by Crippen LogP contribution is 2.29. The molecule has 4 nitrogen and oxygen atoms in total. The van der Waals surface area contributed by atoms with Crippen LogP contribution in [0.4, 0.5) is 4.39 Å². The van der Waals surface area contributed by atoms with Crippen molar-refractivity contribution in [2.45, 2.75) is 19.4 Å². The minimum atomic E-state index is -1.35. The first-order chi connectivity index (χ1) is 8.75. The van der Waals surface area contributed by atoms with Crippen molar-refractivity contribution >= 4 is 21.9 Å². The molecule has 104 valence electrons. The van der Waals surface area contributed by atoms with Crippen molar-refractivity contribution in [3.05, 3.63) is 41.4 Å². The van der Waals surface area contributed by atoms with E-state index in [-0.39, 0.29) is 22.4 Å². The van der Waals surface area contributed by atoms with Crippen LogP contribution in [0.15, 0.2) is 30.0 Å². The fourth-order valence-electron chi connectivity index (χ4n) is 1.44. The number of hydrogen-bond donors (Lipinski definition) is 2. The fraction of sp³-hybridized carbons (Fsp3) is 0.308. The second kappa shape index (κ2) is 6.16. The topological polar surface area (TPSA) is 66.8 Å². The van der Waals surface area contributed by atoms with E-state index >= 15 is 0 Å².